The fraction of sp³-hybridized carbons (Fsp3) is 1.00. The Kier molecular flexibility index (Phi) is 4.26. The normalized spacial score (nSPS) is 44.8. The van der Waals surface area contributed by atoms with E-state index in [2.05, 4.69) is 19.2 Å². The number of hydrogen-bond acceptors (Lipinski definition) is 2. The maximum absolute atomic E-state index is 9.81. The second-order valence-corrected chi connectivity index (χ2v) is 6.08. The first-order valence-electron chi connectivity index (χ1n) is 7.10. The Hall–Kier alpha value is -0.0800. The lowest BCUT2D eigenvalue weighted by Gasteiger charge is -2.36. The Bertz CT molecular complexity index is 209. The van der Waals surface area contributed by atoms with Crippen LogP contribution in [-0.2, 0) is 0 Å². The monoisotopic (exact) mass is 225 g/mol. The van der Waals surface area contributed by atoms with Gasteiger partial charge in [-0.1, -0.05) is 26.7 Å². The van der Waals surface area contributed by atoms with Gasteiger partial charge >= 0.3 is 0 Å². The molecule has 2 saturated carbocycles. The van der Waals surface area contributed by atoms with Gasteiger partial charge in [0.15, 0.2) is 0 Å². The van der Waals surface area contributed by atoms with Crippen LogP contribution in [0.15, 0.2) is 0 Å². The van der Waals surface area contributed by atoms with E-state index < -0.39 is 0 Å². The molecule has 2 nitrogen and oxygen atoms in total. The summed E-state index contributed by atoms with van der Waals surface area (Å²) in [4.78, 5) is 0. The molecule has 0 radical (unpaired) electrons. The van der Waals surface area contributed by atoms with Gasteiger partial charge < -0.3 is 10.4 Å². The average Bonchev–Trinajstić information content (AvgIpc) is 2.64. The smallest absolute Gasteiger partial charge is 0.0580 e. The third kappa shape index (κ3) is 2.78. The van der Waals surface area contributed by atoms with Gasteiger partial charge in [-0.05, 0) is 43.4 Å². The number of nitrogens with one attached hydrogen (secondary N) is 1. The molecule has 0 aromatic rings. The highest BCUT2D eigenvalue weighted by Gasteiger charge is 2.30. The minimum atomic E-state index is -0.0401. The quantitative estimate of drug-likeness (QED) is 0.773. The molecule has 2 rings (SSSR count). The predicted octanol–water partition coefficient (Wildman–Crippen LogP) is 2.56. The molecule has 2 aliphatic rings. The maximum Gasteiger partial charge on any atom is 0.0580 e. The summed E-state index contributed by atoms with van der Waals surface area (Å²) in [6.45, 7) is 5.78. The molecule has 0 aromatic heterocycles. The van der Waals surface area contributed by atoms with Gasteiger partial charge in [0, 0.05) is 12.6 Å². The van der Waals surface area contributed by atoms with Crippen molar-refractivity contribution in [2.45, 2.75) is 64.5 Å². The first-order valence-corrected chi connectivity index (χ1v) is 7.10. The van der Waals surface area contributed by atoms with Crippen molar-refractivity contribution in [3.8, 4) is 0 Å². The maximum atomic E-state index is 9.81. The van der Waals surface area contributed by atoms with Gasteiger partial charge in [-0.3, -0.25) is 0 Å². The summed E-state index contributed by atoms with van der Waals surface area (Å²) < 4.78 is 0. The van der Waals surface area contributed by atoms with Crippen LogP contribution in [0.1, 0.15) is 52.4 Å². The summed E-state index contributed by atoms with van der Waals surface area (Å²) in [6.07, 6.45) is 7.54. The fourth-order valence-corrected chi connectivity index (χ4v) is 3.63. The van der Waals surface area contributed by atoms with Crippen LogP contribution < -0.4 is 5.32 Å². The van der Waals surface area contributed by atoms with E-state index in [0.717, 1.165) is 24.8 Å². The molecule has 0 aliphatic heterocycles. The van der Waals surface area contributed by atoms with Crippen LogP contribution in [0.3, 0.4) is 0 Å². The van der Waals surface area contributed by atoms with Crippen molar-refractivity contribution in [1.29, 1.82) is 0 Å². The van der Waals surface area contributed by atoms with Crippen LogP contribution in [0.4, 0.5) is 0 Å². The van der Waals surface area contributed by atoms with Crippen LogP contribution in [0.25, 0.3) is 0 Å². The SMILES string of the molecule is CC1CCCC(C)C1NCC1CCCC1O. The zero-order valence-corrected chi connectivity index (χ0v) is 10.8. The van der Waals surface area contributed by atoms with Crippen LogP contribution in [0, 0.1) is 17.8 Å². The predicted molar refractivity (Wildman–Crippen MR) is 67.3 cm³/mol. The van der Waals surface area contributed by atoms with Crippen LogP contribution in [-0.4, -0.2) is 23.8 Å². The van der Waals surface area contributed by atoms with E-state index in [1.807, 2.05) is 0 Å². The van der Waals surface area contributed by atoms with E-state index in [0.29, 0.717) is 12.0 Å². The van der Waals surface area contributed by atoms with E-state index in [4.69, 9.17) is 0 Å². The van der Waals surface area contributed by atoms with E-state index in [1.165, 1.54) is 32.1 Å². The van der Waals surface area contributed by atoms with Gasteiger partial charge in [0.05, 0.1) is 6.10 Å². The molecule has 0 bridgehead atoms. The average molecular weight is 225 g/mol. The van der Waals surface area contributed by atoms with Gasteiger partial charge in [-0.2, -0.15) is 0 Å². The van der Waals surface area contributed by atoms with E-state index in [-0.39, 0.29) is 6.10 Å². The molecule has 2 heteroatoms. The highest BCUT2D eigenvalue weighted by atomic mass is 16.3. The summed E-state index contributed by atoms with van der Waals surface area (Å²) in [5, 5.41) is 13.5. The van der Waals surface area contributed by atoms with Crippen LogP contribution >= 0.6 is 0 Å². The van der Waals surface area contributed by atoms with Gasteiger partial charge in [0.25, 0.3) is 0 Å². The minimum absolute atomic E-state index is 0.0401. The molecule has 0 heterocycles. The van der Waals surface area contributed by atoms with Crippen molar-refractivity contribution in [3.63, 3.8) is 0 Å². The largest absolute Gasteiger partial charge is 0.393 e. The summed E-state index contributed by atoms with van der Waals surface area (Å²) in [5.41, 5.74) is 0. The number of hydrogen-bond donors (Lipinski definition) is 2. The Morgan fingerprint density at radius 1 is 1.00 bits per heavy atom. The fourth-order valence-electron chi connectivity index (χ4n) is 3.63. The summed E-state index contributed by atoms with van der Waals surface area (Å²) in [6, 6.07) is 0.682. The lowest BCUT2D eigenvalue weighted by molar-refractivity contribution is 0.120. The second kappa shape index (κ2) is 5.50. The molecule has 94 valence electrons. The Morgan fingerprint density at radius 2 is 1.62 bits per heavy atom. The summed E-state index contributed by atoms with van der Waals surface area (Å²) >= 11 is 0. The topological polar surface area (TPSA) is 32.3 Å². The number of aliphatic hydroxyl groups is 1. The Labute approximate surface area is 99.8 Å². The molecule has 0 amide bonds. The minimum Gasteiger partial charge on any atom is -0.393 e. The van der Waals surface area contributed by atoms with Crippen LogP contribution in [0.5, 0.6) is 0 Å². The molecular weight excluding hydrogens is 198 g/mol. The highest BCUT2D eigenvalue weighted by molar-refractivity contribution is 4.86. The molecule has 0 saturated heterocycles. The molecule has 0 aromatic carbocycles. The molecule has 2 aliphatic carbocycles. The first-order chi connectivity index (χ1) is 7.68. The van der Waals surface area contributed by atoms with Crippen molar-refractivity contribution >= 4 is 0 Å². The summed E-state index contributed by atoms with van der Waals surface area (Å²) in [5.74, 6) is 2.13. The molecule has 2 fully saturated rings. The molecule has 16 heavy (non-hydrogen) atoms. The molecule has 4 unspecified atom stereocenters. The van der Waals surface area contributed by atoms with E-state index in [9.17, 15) is 5.11 Å². The molecular formula is C14H27NO. The lowest BCUT2D eigenvalue weighted by atomic mass is 9.78. The zero-order valence-electron chi connectivity index (χ0n) is 10.8. The van der Waals surface area contributed by atoms with Gasteiger partial charge in [-0.15, -0.1) is 0 Å². The van der Waals surface area contributed by atoms with Gasteiger partial charge in [0.2, 0.25) is 0 Å². The van der Waals surface area contributed by atoms with Gasteiger partial charge in [-0.25, -0.2) is 0 Å². The first kappa shape index (κ1) is 12.4. The second-order valence-electron chi connectivity index (χ2n) is 6.08. The van der Waals surface area contributed by atoms with Crippen molar-refractivity contribution < 1.29 is 5.11 Å². The Balaban J connectivity index is 1.79. The summed E-state index contributed by atoms with van der Waals surface area (Å²) in [7, 11) is 0. The van der Waals surface area contributed by atoms with Crippen molar-refractivity contribution in [2.75, 3.05) is 6.54 Å². The zero-order chi connectivity index (χ0) is 11.5. The Morgan fingerprint density at radius 3 is 2.19 bits per heavy atom. The van der Waals surface area contributed by atoms with E-state index in [1.54, 1.807) is 0 Å². The molecule has 4 atom stereocenters. The number of aliphatic hydroxyl groups excluding tert-OH is 1. The molecule has 0 spiro atoms. The van der Waals surface area contributed by atoms with Gasteiger partial charge in [0.1, 0.15) is 0 Å². The highest BCUT2D eigenvalue weighted by Crippen LogP contribution is 2.30. The standard InChI is InChI=1S/C14H27NO/c1-10-5-3-6-11(2)14(10)15-9-12-7-4-8-13(12)16/h10-16H,3-9H2,1-2H3. The van der Waals surface area contributed by atoms with E-state index >= 15 is 0 Å². The van der Waals surface area contributed by atoms with Crippen molar-refractivity contribution in [2.24, 2.45) is 17.8 Å². The van der Waals surface area contributed by atoms with Crippen molar-refractivity contribution in [1.82, 2.24) is 5.32 Å². The third-order valence-electron chi connectivity index (χ3n) is 4.78. The third-order valence-corrected chi connectivity index (χ3v) is 4.78. The van der Waals surface area contributed by atoms with Crippen molar-refractivity contribution in [3.05, 3.63) is 0 Å². The molecule has 2 N–H and O–H groups in total. The number of rotatable bonds is 3. The van der Waals surface area contributed by atoms with Crippen LogP contribution in [0.2, 0.25) is 0 Å². The lowest BCUT2D eigenvalue weighted by Crippen LogP contribution is -2.45.